The summed E-state index contributed by atoms with van der Waals surface area (Å²) >= 11 is 0. The van der Waals surface area contributed by atoms with Crippen molar-refractivity contribution < 1.29 is 9.47 Å². The minimum atomic E-state index is 0.418. The van der Waals surface area contributed by atoms with E-state index in [1.165, 1.54) is 44.5 Å². The molecule has 0 saturated carbocycles. The van der Waals surface area contributed by atoms with E-state index in [-0.39, 0.29) is 0 Å². The van der Waals surface area contributed by atoms with E-state index in [2.05, 4.69) is 41.1 Å². The molecule has 1 aromatic carbocycles. The Bertz CT molecular complexity index is 477. The quantitative estimate of drug-likeness (QED) is 0.672. The number of ether oxygens (including phenoxy) is 2. The molecule has 2 fully saturated rings. The molecule has 0 aromatic heterocycles. The smallest absolute Gasteiger partial charge is 0.119 e. The van der Waals surface area contributed by atoms with Gasteiger partial charge >= 0.3 is 0 Å². The lowest BCUT2D eigenvalue weighted by Gasteiger charge is -2.28. The SMILES string of the molecule is CN1CCC(OCc2ccc(OCCCN3CCCCC3)cc2)CC1. The summed E-state index contributed by atoms with van der Waals surface area (Å²) in [6, 6.07) is 8.42. The van der Waals surface area contributed by atoms with Crippen molar-refractivity contribution >= 4 is 0 Å². The monoisotopic (exact) mass is 346 g/mol. The molecule has 0 spiro atoms. The Kier molecular flexibility index (Phi) is 7.58. The summed E-state index contributed by atoms with van der Waals surface area (Å²) in [6.45, 7) is 7.52. The average Bonchev–Trinajstić information content (AvgIpc) is 2.67. The van der Waals surface area contributed by atoms with Gasteiger partial charge in [0.05, 0.1) is 19.3 Å². The molecular formula is C21H34N2O2. The number of hydrogen-bond donors (Lipinski definition) is 0. The lowest BCUT2D eigenvalue weighted by Crippen LogP contribution is -2.34. The number of hydrogen-bond acceptors (Lipinski definition) is 4. The molecule has 2 aliphatic rings. The van der Waals surface area contributed by atoms with Crippen molar-refractivity contribution in [3.63, 3.8) is 0 Å². The van der Waals surface area contributed by atoms with Gasteiger partial charge in [0.2, 0.25) is 0 Å². The number of piperidine rings is 2. The third kappa shape index (κ3) is 6.61. The van der Waals surface area contributed by atoms with E-state index < -0.39 is 0 Å². The molecule has 4 nitrogen and oxygen atoms in total. The Morgan fingerprint density at radius 3 is 2.40 bits per heavy atom. The van der Waals surface area contributed by atoms with E-state index in [4.69, 9.17) is 9.47 Å². The van der Waals surface area contributed by atoms with Crippen molar-refractivity contribution in [1.29, 1.82) is 0 Å². The Hall–Kier alpha value is -1.10. The van der Waals surface area contributed by atoms with Crippen molar-refractivity contribution in [1.82, 2.24) is 9.80 Å². The predicted octanol–water partition coefficient (Wildman–Crippen LogP) is 3.55. The second kappa shape index (κ2) is 10.1. The van der Waals surface area contributed by atoms with Crippen LogP contribution in [0.4, 0.5) is 0 Å². The van der Waals surface area contributed by atoms with Gasteiger partial charge in [-0.25, -0.2) is 0 Å². The number of nitrogens with zero attached hydrogens (tertiary/aromatic N) is 2. The maximum Gasteiger partial charge on any atom is 0.119 e. The van der Waals surface area contributed by atoms with Crippen LogP contribution in [-0.2, 0) is 11.3 Å². The Balaban J connectivity index is 1.30. The fraction of sp³-hybridized carbons (Fsp3) is 0.714. The highest BCUT2D eigenvalue weighted by Crippen LogP contribution is 2.17. The van der Waals surface area contributed by atoms with Crippen molar-refractivity contribution in [2.45, 2.75) is 51.2 Å². The first kappa shape index (κ1) is 18.7. The number of likely N-dealkylation sites (tertiary alicyclic amines) is 2. The zero-order valence-corrected chi connectivity index (χ0v) is 15.8. The van der Waals surface area contributed by atoms with Gasteiger partial charge in [-0.05, 0) is 69.9 Å². The summed E-state index contributed by atoms with van der Waals surface area (Å²) in [5.41, 5.74) is 1.24. The van der Waals surface area contributed by atoms with Crippen LogP contribution in [-0.4, -0.2) is 62.3 Å². The van der Waals surface area contributed by atoms with Crippen LogP contribution in [0.3, 0.4) is 0 Å². The van der Waals surface area contributed by atoms with Crippen molar-refractivity contribution in [3.05, 3.63) is 29.8 Å². The summed E-state index contributed by atoms with van der Waals surface area (Å²) in [5.74, 6) is 0.974. The van der Waals surface area contributed by atoms with E-state index in [1.54, 1.807) is 0 Å². The third-order valence-electron chi connectivity index (χ3n) is 5.41. The summed E-state index contributed by atoms with van der Waals surface area (Å²) in [7, 11) is 2.18. The topological polar surface area (TPSA) is 24.9 Å². The summed E-state index contributed by atoms with van der Waals surface area (Å²) in [6.07, 6.45) is 7.96. The molecule has 0 atom stereocenters. The lowest BCUT2D eigenvalue weighted by molar-refractivity contribution is 0.00212. The Morgan fingerprint density at radius 2 is 1.68 bits per heavy atom. The van der Waals surface area contributed by atoms with E-state index in [9.17, 15) is 0 Å². The summed E-state index contributed by atoms with van der Waals surface area (Å²) < 4.78 is 11.9. The molecule has 3 rings (SSSR count). The van der Waals surface area contributed by atoms with Gasteiger partial charge in [0.15, 0.2) is 0 Å². The molecule has 4 heteroatoms. The van der Waals surface area contributed by atoms with Gasteiger partial charge in [-0.2, -0.15) is 0 Å². The molecule has 140 valence electrons. The second-order valence-corrected chi connectivity index (χ2v) is 7.56. The highest BCUT2D eigenvalue weighted by atomic mass is 16.5. The zero-order chi connectivity index (χ0) is 17.3. The van der Waals surface area contributed by atoms with Gasteiger partial charge in [-0.1, -0.05) is 18.6 Å². The highest BCUT2D eigenvalue weighted by Gasteiger charge is 2.16. The Labute approximate surface area is 153 Å². The predicted molar refractivity (Wildman–Crippen MR) is 102 cm³/mol. The van der Waals surface area contributed by atoms with Crippen molar-refractivity contribution in [2.75, 3.05) is 46.4 Å². The molecule has 0 bridgehead atoms. The fourth-order valence-electron chi connectivity index (χ4n) is 3.71. The van der Waals surface area contributed by atoms with E-state index in [1.807, 2.05) is 0 Å². The first-order valence-electron chi connectivity index (χ1n) is 10.0. The van der Waals surface area contributed by atoms with Crippen LogP contribution >= 0.6 is 0 Å². The fourth-order valence-corrected chi connectivity index (χ4v) is 3.71. The molecule has 2 aliphatic heterocycles. The maximum absolute atomic E-state index is 6.05. The van der Waals surface area contributed by atoms with Gasteiger partial charge in [-0.3, -0.25) is 0 Å². The average molecular weight is 347 g/mol. The van der Waals surface area contributed by atoms with Crippen LogP contribution in [0.25, 0.3) is 0 Å². The third-order valence-corrected chi connectivity index (χ3v) is 5.41. The molecule has 0 N–H and O–H groups in total. The number of benzene rings is 1. The Morgan fingerprint density at radius 1 is 0.960 bits per heavy atom. The molecular weight excluding hydrogens is 312 g/mol. The van der Waals surface area contributed by atoms with Gasteiger partial charge in [0, 0.05) is 19.6 Å². The normalized spacial score (nSPS) is 20.7. The molecule has 0 radical (unpaired) electrons. The molecule has 2 heterocycles. The highest BCUT2D eigenvalue weighted by molar-refractivity contribution is 5.26. The summed E-state index contributed by atoms with van der Waals surface area (Å²) in [5, 5.41) is 0. The number of rotatable bonds is 8. The molecule has 0 unspecified atom stereocenters. The van der Waals surface area contributed by atoms with E-state index in [0.717, 1.165) is 44.7 Å². The van der Waals surface area contributed by atoms with Crippen LogP contribution in [0, 0.1) is 0 Å². The standard InChI is InChI=1S/C21H34N2O2/c1-22-15-10-21(11-16-22)25-18-19-6-8-20(9-7-19)24-17-5-14-23-12-3-2-4-13-23/h6-9,21H,2-5,10-18H2,1H3. The van der Waals surface area contributed by atoms with Crippen LogP contribution < -0.4 is 4.74 Å². The van der Waals surface area contributed by atoms with Crippen LogP contribution in [0.5, 0.6) is 5.75 Å². The molecule has 2 saturated heterocycles. The van der Waals surface area contributed by atoms with Crippen molar-refractivity contribution in [2.24, 2.45) is 0 Å². The molecule has 1 aromatic rings. The summed E-state index contributed by atoms with van der Waals surface area (Å²) in [4.78, 5) is 4.94. The molecule has 0 amide bonds. The van der Waals surface area contributed by atoms with Gasteiger partial charge in [-0.15, -0.1) is 0 Å². The molecule has 25 heavy (non-hydrogen) atoms. The van der Waals surface area contributed by atoms with Crippen molar-refractivity contribution in [3.8, 4) is 5.75 Å². The van der Waals surface area contributed by atoms with Crippen LogP contribution in [0.1, 0.15) is 44.1 Å². The largest absolute Gasteiger partial charge is 0.494 e. The van der Waals surface area contributed by atoms with E-state index in [0.29, 0.717) is 12.7 Å². The second-order valence-electron chi connectivity index (χ2n) is 7.56. The van der Waals surface area contributed by atoms with E-state index >= 15 is 0 Å². The maximum atomic E-state index is 6.05. The van der Waals surface area contributed by atoms with Gasteiger partial charge < -0.3 is 19.3 Å². The van der Waals surface area contributed by atoms with Gasteiger partial charge in [0.1, 0.15) is 5.75 Å². The van der Waals surface area contributed by atoms with Crippen LogP contribution in [0.15, 0.2) is 24.3 Å². The zero-order valence-electron chi connectivity index (χ0n) is 15.8. The van der Waals surface area contributed by atoms with Gasteiger partial charge in [0.25, 0.3) is 0 Å². The van der Waals surface area contributed by atoms with Crippen LogP contribution in [0.2, 0.25) is 0 Å². The lowest BCUT2D eigenvalue weighted by atomic mass is 10.1. The minimum absolute atomic E-state index is 0.418. The minimum Gasteiger partial charge on any atom is -0.494 e. The molecule has 0 aliphatic carbocycles. The first-order chi connectivity index (χ1) is 12.3. The first-order valence-corrected chi connectivity index (χ1v) is 10.0.